The molecule has 0 spiro atoms. The summed E-state index contributed by atoms with van der Waals surface area (Å²) in [6.45, 7) is 11.0. The monoisotopic (exact) mass is 1900 g/mol. The van der Waals surface area contributed by atoms with Crippen LogP contribution in [0.2, 0.25) is 10.0 Å². The molecule has 0 unspecified atom stereocenters. The normalized spacial score (nSPS) is 12.3. The summed E-state index contributed by atoms with van der Waals surface area (Å²) in [5.41, 5.74) is 21.4. The van der Waals surface area contributed by atoms with Crippen LogP contribution in [0.4, 0.5) is 59.1 Å². The first-order chi connectivity index (χ1) is 67.8. The number of aryl methyl sites for hydroxylation is 3. The van der Waals surface area contributed by atoms with E-state index < -0.39 is 23.4 Å². The average molecular weight is 1900 g/mol. The number of benzene rings is 10. The molecule has 11 aromatic heterocycles. The molecule has 0 saturated carbocycles. The van der Waals surface area contributed by atoms with Gasteiger partial charge in [0.1, 0.15) is 45.8 Å². The summed E-state index contributed by atoms with van der Waals surface area (Å²) in [6, 6.07) is 63.0. The highest BCUT2D eigenvalue weighted by Crippen LogP contribution is 2.36. The Hall–Kier alpha value is -18.0. The van der Waals surface area contributed by atoms with Gasteiger partial charge in [0.25, 0.3) is 23.6 Å². The first kappa shape index (κ1) is 90.1. The van der Waals surface area contributed by atoms with Gasteiger partial charge in [-0.15, -0.1) is 0 Å². The van der Waals surface area contributed by atoms with Crippen LogP contribution in [-0.2, 0) is 4.74 Å². The Morgan fingerprint density at radius 1 is 0.374 bits per heavy atom. The number of fused-ring (bicyclic) bond motifs is 5. The molecule has 2 aliphatic rings. The molecule has 139 heavy (non-hydrogen) atoms. The predicted octanol–water partition coefficient (Wildman–Crippen LogP) is 20.0. The third-order valence-electron chi connectivity index (χ3n) is 22.8. The molecule has 6 amide bonds. The van der Waals surface area contributed by atoms with Crippen molar-refractivity contribution in [2.45, 2.75) is 33.6 Å². The number of hydrogen-bond donors (Lipinski definition) is 16. The number of nitrogens with zero attached hydrogens (tertiary/aromatic N) is 13. The molecular formula is C99H83Cl2F2N29O7. The minimum Gasteiger partial charge on any atom is -0.444 e. The Bertz CT molecular complexity index is 7840. The van der Waals surface area contributed by atoms with Gasteiger partial charge in [0.05, 0.1) is 155 Å². The smallest absolute Gasteiger partial charge is 0.323 e. The van der Waals surface area contributed by atoms with Crippen LogP contribution in [0.3, 0.4) is 0 Å². The molecular weight excluding hydrogens is 1820 g/mol. The zero-order valence-electron chi connectivity index (χ0n) is 74.1. The lowest BCUT2D eigenvalue weighted by molar-refractivity contribution is 0.101. The largest absolute Gasteiger partial charge is 0.444 e. The summed E-state index contributed by atoms with van der Waals surface area (Å²) in [5.74, 6) is 0.814. The van der Waals surface area contributed by atoms with Crippen molar-refractivity contribution in [3.8, 4) is 68.9 Å². The minimum absolute atomic E-state index is 0.154. The summed E-state index contributed by atoms with van der Waals surface area (Å²) >= 11 is 12.9. The van der Waals surface area contributed by atoms with E-state index >= 15 is 0 Å². The third kappa shape index (κ3) is 20.3. The van der Waals surface area contributed by atoms with E-state index in [4.69, 9.17) is 32.4 Å². The zero-order valence-corrected chi connectivity index (χ0v) is 75.6. The number of morpholine rings is 1. The van der Waals surface area contributed by atoms with Crippen LogP contribution < -0.4 is 41.7 Å². The molecule has 23 rings (SSSR count). The number of aromatic nitrogens is 21. The fraction of sp³-hybridized carbons (Fsp3) is 0.111. The van der Waals surface area contributed by atoms with Crippen LogP contribution in [0.15, 0.2) is 260 Å². The Morgan fingerprint density at radius 2 is 0.727 bits per heavy atom. The van der Waals surface area contributed by atoms with E-state index in [-0.39, 0.29) is 23.6 Å². The highest BCUT2D eigenvalue weighted by molar-refractivity contribution is 6.35. The highest BCUT2D eigenvalue weighted by atomic mass is 35.5. The molecule has 13 heterocycles. The number of imidazole rings is 5. The van der Waals surface area contributed by atoms with Crippen molar-refractivity contribution >= 4 is 154 Å². The number of aromatic amines is 10. The number of oxazole rings is 1. The Morgan fingerprint density at radius 3 is 1.09 bits per heavy atom. The van der Waals surface area contributed by atoms with Crippen LogP contribution in [0.1, 0.15) is 71.0 Å². The summed E-state index contributed by atoms with van der Waals surface area (Å²) in [5, 5.41) is 51.6. The third-order valence-corrected chi connectivity index (χ3v) is 23.4. The highest BCUT2D eigenvalue weighted by Gasteiger charge is 2.26. The quantitative estimate of drug-likeness (QED) is 0.0379. The van der Waals surface area contributed by atoms with Gasteiger partial charge < -0.3 is 75.8 Å². The van der Waals surface area contributed by atoms with Crippen molar-refractivity contribution in [3.63, 3.8) is 0 Å². The zero-order chi connectivity index (χ0) is 95.6. The Labute approximate surface area is 796 Å². The van der Waals surface area contributed by atoms with E-state index in [0.29, 0.717) is 137 Å². The van der Waals surface area contributed by atoms with Gasteiger partial charge in [0, 0.05) is 54.2 Å². The number of halogens is 4. The molecule has 2 saturated heterocycles. The number of H-pyrrole nitrogens is 10. The van der Waals surface area contributed by atoms with E-state index in [1.807, 2.05) is 191 Å². The van der Waals surface area contributed by atoms with Crippen molar-refractivity contribution in [2.75, 3.05) is 81.1 Å². The van der Waals surface area contributed by atoms with Crippen molar-refractivity contribution < 1.29 is 41.9 Å². The second kappa shape index (κ2) is 40.4. The maximum Gasteiger partial charge on any atom is 0.323 e. The molecule has 2 fully saturated rings. The maximum absolute atomic E-state index is 13.6. The number of anilines is 8. The predicted molar refractivity (Wildman–Crippen MR) is 529 cm³/mol. The first-order valence-corrected chi connectivity index (χ1v) is 44.5. The maximum atomic E-state index is 13.6. The van der Waals surface area contributed by atoms with E-state index in [0.717, 1.165) is 127 Å². The molecule has 0 bridgehead atoms. The molecule has 40 heteroatoms. The first-order valence-electron chi connectivity index (χ1n) is 43.7. The lowest BCUT2D eigenvalue weighted by Crippen LogP contribution is -2.36. The Kier molecular flexibility index (Phi) is 26.2. The van der Waals surface area contributed by atoms with Crippen molar-refractivity contribution in [1.82, 2.24) is 106 Å². The van der Waals surface area contributed by atoms with Gasteiger partial charge in [-0.1, -0.05) is 120 Å². The van der Waals surface area contributed by atoms with Crippen molar-refractivity contribution in [2.24, 2.45) is 0 Å². The lowest BCUT2D eigenvalue weighted by Gasteiger charge is -2.29. The number of hydrogen-bond acceptors (Lipinski definition) is 20. The van der Waals surface area contributed by atoms with E-state index in [2.05, 4.69) is 148 Å². The number of carbonyl (C=O) groups excluding carboxylic acids is 5. The molecule has 0 atom stereocenters. The van der Waals surface area contributed by atoms with Gasteiger partial charge in [0.15, 0.2) is 41.3 Å². The van der Waals surface area contributed by atoms with Crippen LogP contribution in [-0.4, -0.2) is 175 Å². The van der Waals surface area contributed by atoms with E-state index in [9.17, 15) is 32.8 Å². The molecule has 2 aliphatic heterocycles. The molecule has 694 valence electrons. The average Bonchev–Trinajstić information content (AvgIpc) is 1.66. The SMILES string of the molecule is Cc1cc(C)c(C(=O)Nc2cn[nH]c2-c2nc3ccccc3[nH]2)c(C)c1.O=C(Nc1cn[nH]c1-c1nc2ccccc2[nH]1)Nc1c(F)cccc1F.O=C(Nc1cn[nH]c1-c1nc2ccccc2[nH]1)c1ccc(-c2cnco2)cc1.O=C(Nc1cn[nH]c1-c1nc2ccccc2[nH]1)c1ccc(N2CCCC2)cc1Cl.O=C(Nc1cn[nH]c1-c1nc2ccccc2[nH]1)c1ccc(N2CCOCC2)cc1Cl. The number of urea groups is 1. The van der Waals surface area contributed by atoms with Gasteiger partial charge in [-0.3, -0.25) is 44.7 Å². The molecule has 10 aromatic carbocycles. The van der Waals surface area contributed by atoms with Gasteiger partial charge in [0.2, 0.25) is 0 Å². The second-order valence-corrected chi connectivity index (χ2v) is 33.0. The van der Waals surface area contributed by atoms with Crippen molar-refractivity contribution in [1.29, 1.82) is 0 Å². The van der Waals surface area contributed by atoms with Crippen LogP contribution >= 0.6 is 23.2 Å². The summed E-state index contributed by atoms with van der Waals surface area (Å²) in [7, 11) is 0. The molecule has 0 radical (unpaired) electrons. The standard InChI is InChI=1S/C21H19ClN6O2.C21H19ClN6O.C20H14N6O2.C20H19N5O.C17H12F2N6O/c22-15-11-13(28-7-9-30-10-8-28)5-6-14(15)21(29)26-18-12-23-27-19(18)20-24-16-3-1-2-4-17(16)25-20;22-15-11-13(28-9-3-4-10-28)7-8-14(15)21(29)26-18-12-23-27-19(18)20-24-16-5-1-2-6-17(16)25-20;27-20(13-7-5-12(6-8-13)17-10-21-11-28-17)25-16-9-22-26-18(16)19-23-14-3-1-2-4-15(14)24-19;1-11-8-12(2)17(13(3)9-11)20(26)24-16-10-21-25-18(16)19-22-14-6-4-5-7-15(14)23-19;18-9-4-3-5-10(19)14(9)24-17(26)23-13-8-20-25-15(13)16-21-11-6-1-2-7-12(11)22-16/h1-6,11-12H,7-10H2,(H,23,27)(H,24,25)(H,26,29);1-2,5-8,11-12H,3-4,9-10H2,(H,23,27)(H,24,25)(H,26,29);1-11H,(H,22,26)(H,23,24)(H,25,27);4-10H,1-3H3,(H,21,25)(H,22,23)(H,24,26);1-8H,(H,20,25)(H,21,22)(H2,23,24,26). The number of rotatable bonds is 18. The summed E-state index contributed by atoms with van der Waals surface area (Å²) in [4.78, 5) is 110. The van der Waals surface area contributed by atoms with Gasteiger partial charge in [-0.25, -0.2) is 43.5 Å². The van der Waals surface area contributed by atoms with E-state index in [1.54, 1.807) is 55.2 Å². The topological polar surface area (TPSA) is 486 Å². The van der Waals surface area contributed by atoms with Gasteiger partial charge in [-0.05, 0) is 166 Å². The van der Waals surface area contributed by atoms with Crippen molar-refractivity contribution in [3.05, 3.63) is 317 Å². The summed E-state index contributed by atoms with van der Waals surface area (Å²) in [6.07, 6.45) is 13.0. The molecule has 16 N–H and O–H groups in total. The fourth-order valence-electron chi connectivity index (χ4n) is 16.1. The van der Waals surface area contributed by atoms with Crippen LogP contribution in [0, 0.1) is 32.4 Å². The number of para-hydroxylation sites is 11. The number of ether oxygens (including phenoxy) is 1. The minimum atomic E-state index is -0.871. The van der Waals surface area contributed by atoms with Crippen LogP contribution in [0.5, 0.6) is 0 Å². The second-order valence-electron chi connectivity index (χ2n) is 32.1. The Balaban J connectivity index is 0.000000111. The lowest BCUT2D eigenvalue weighted by atomic mass is 9.99. The summed E-state index contributed by atoms with van der Waals surface area (Å²) < 4.78 is 37.9. The molecule has 0 aliphatic carbocycles. The number of carbonyl (C=O) groups is 5. The van der Waals surface area contributed by atoms with Crippen LogP contribution in [0.25, 0.3) is 124 Å². The number of amides is 6. The fourth-order valence-corrected chi connectivity index (χ4v) is 16.6. The molecule has 36 nitrogen and oxygen atoms in total. The molecule has 21 aromatic rings. The number of nitrogens with one attached hydrogen (secondary N) is 16. The van der Waals surface area contributed by atoms with E-state index in [1.165, 1.54) is 31.5 Å². The van der Waals surface area contributed by atoms with Gasteiger partial charge >= 0.3 is 6.03 Å². The van der Waals surface area contributed by atoms with Gasteiger partial charge in [-0.2, -0.15) is 25.5 Å².